The van der Waals surface area contributed by atoms with Crippen molar-refractivity contribution in [2.75, 3.05) is 25.5 Å². The van der Waals surface area contributed by atoms with Gasteiger partial charge in [-0.1, -0.05) is 0 Å². The van der Waals surface area contributed by atoms with E-state index < -0.39 is 0 Å². The van der Waals surface area contributed by atoms with Crippen molar-refractivity contribution < 1.29 is 0 Å². The lowest BCUT2D eigenvalue weighted by molar-refractivity contribution is 0.163. The predicted molar refractivity (Wildman–Crippen MR) is 59.9 cm³/mol. The molecule has 2 fully saturated rings. The lowest BCUT2D eigenvalue weighted by Crippen LogP contribution is -2.46. The first-order chi connectivity index (χ1) is 6.34. The van der Waals surface area contributed by atoms with Crippen LogP contribution >= 0.6 is 34.8 Å². The molecule has 0 radical (unpaired) electrons. The number of piperazine rings is 1. The molecule has 0 atom stereocenters. The van der Waals surface area contributed by atoms with Crippen molar-refractivity contribution in [2.24, 2.45) is 0 Å². The van der Waals surface area contributed by atoms with Gasteiger partial charge in [-0.25, -0.2) is 7.53 Å². The second-order valence-corrected chi connectivity index (χ2v) is 5.41. The van der Waals surface area contributed by atoms with Gasteiger partial charge in [0.15, 0.2) is 5.82 Å². The van der Waals surface area contributed by atoms with Crippen LogP contribution in [0.3, 0.4) is 0 Å². The largest absolute Gasteiger partial charge is 0.357 e. The van der Waals surface area contributed by atoms with E-state index in [1.54, 1.807) is 11.9 Å². The maximum atomic E-state index is 3.37. The third-order valence-corrected chi connectivity index (χ3v) is 3.95. The zero-order valence-electron chi connectivity index (χ0n) is 6.96. The van der Waals surface area contributed by atoms with Gasteiger partial charge in [-0.2, -0.15) is 0 Å². The highest BCUT2D eigenvalue weighted by Crippen LogP contribution is 2.31. The highest BCUT2D eigenvalue weighted by molar-refractivity contribution is 14.1. The number of hydrogen-bond acceptors (Lipinski definition) is 6. The van der Waals surface area contributed by atoms with Crippen LogP contribution in [0.25, 0.3) is 0 Å². The molecule has 0 aromatic heterocycles. The number of hydrogen-bond donors (Lipinski definition) is 2. The topological polar surface area (TPSA) is 33.8 Å². The van der Waals surface area contributed by atoms with E-state index in [1.165, 1.54) is 11.5 Å². The molecule has 7 heteroatoms. The predicted octanol–water partition coefficient (Wildman–Crippen LogP) is 0.0672. The van der Waals surface area contributed by atoms with Gasteiger partial charge in [0.25, 0.3) is 0 Å². The van der Waals surface area contributed by atoms with Crippen LogP contribution in [0, 0.1) is 0 Å². The highest BCUT2D eigenvalue weighted by atomic mass is 127. The van der Waals surface area contributed by atoms with E-state index in [-0.39, 0.29) is 0 Å². The van der Waals surface area contributed by atoms with Crippen LogP contribution in [0.2, 0.25) is 0 Å². The molecule has 0 saturated carbocycles. The summed E-state index contributed by atoms with van der Waals surface area (Å²) in [4.78, 5) is 0. The van der Waals surface area contributed by atoms with Crippen LogP contribution in [0.15, 0.2) is 11.5 Å². The van der Waals surface area contributed by atoms with Crippen LogP contribution in [0.4, 0.5) is 0 Å². The Kier molecular flexibility index (Phi) is 2.00. The molecule has 0 aromatic carbocycles. The minimum Gasteiger partial charge on any atom is -0.357 e. The molecule has 3 aliphatic rings. The number of hydrazine groups is 2. The van der Waals surface area contributed by atoms with Crippen molar-refractivity contribution in [3.05, 3.63) is 11.5 Å². The van der Waals surface area contributed by atoms with Crippen molar-refractivity contribution in [1.82, 2.24) is 23.4 Å². The van der Waals surface area contributed by atoms with Crippen LogP contribution in [0.1, 0.15) is 0 Å². The Bertz CT molecular complexity index is 270. The van der Waals surface area contributed by atoms with Crippen molar-refractivity contribution in [2.45, 2.75) is 0 Å². The van der Waals surface area contributed by atoms with Gasteiger partial charge in [-0.05, 0) is 11.9 Å². The Morgan fingerprint density at radius 2 is 2.31 bits per heavy atom. The monoisotopic (exact) mass is 311 g/mol. The zero-order chi connectivity index (χ0) is 8.84. The number of nitrogens with one attached hydrogen (secondary N) is 2. The number of fused-ring (bicyclic) bond motifs is 2. The van der Waals surface area contributed by atoms with E-state index in [9.17, 15) is 0 Å². The summed E-state index contributed by atoms with van der Waals surface area (Å²) < 4.78 is 4.43. The first-order valence-corrected chi connectivity index (χ1v) is 6.10. The lowest BCUT2D eigenvalue weighted by atomic mass is 10.3. The highest BCUT2D eigenvalue weighted by Gasteiger charge is 2.35. The molecule has 13 heavy (non-hydrogen) atoms. The van der Waals surface area contributed by atoms with Gasteiger partial charge in [-0.15, -0.1) is 5.53 Å². The summed E-state index contributed by atoms with van der Waals surface area (Å²) in [5.41, 5.74) is 4.70. The quantitative estimate of drug-likeness (QED) is 0.374. The number of nitrogens with zero attached hydrogens (tertiary/aromatic N) is 3. The van der Waals surface area contributed by atoms with E-state index in [1.807, 2.05) is 0 Å². The third-order valence-electron chi connectivity index (χ3n) is 2.33. The molecule has 2 N–H and O–H groups in total. The molecular formula is C6H10IN5S. The Morgan fingerprint density at radius 3 is 3.23 bits per heavy atom. The molecule has 0 bridgehead atoms. The summed E-state index contributed by atoms with van der Waals surface area (Å²) in [6.45, 7) is 3.19. The van der Waals surface area contributed by atoms with Gasteiger partial charge in [0.2, 0.25) is 0 Å². The van der Waals surface area contributed by atoms with Crippen LogP contribution in [0.5, 0.6) is 0 Å². The number of halogens is 1. The number of rotatable bonds is 0. The minimum atomic E-state index is 0.973. The average Bonchev–Trinajstić information content (AvgIpc) is 2.64. The van der Waals surface area contributed by atoms with Crippen LogP contribution < -0.4 is 10.9 Å². The summed E-state index contributed by atoms with van der Waals surface area (Å²) in [5.74, 6) is 2.22. The molecule has 0 spiro atoms. The molecule has 3 aliphatic heterocycles. The second-order valence-electron chi connectivity index (χ2n) is 3.14. The van der Waals surface area contributed by atoms with Gasteiger partial charge in [0.1, 0.15) is 0 Å². The summed E-state index contributed by atoms with van der Waals surface area (Å²) >= 11 is 4.15. The van der Waals surface area contributed by atoms with E-state index in [0.717, 1.165) is 25.5 Å². The van der Waals surface area contributed by atoms with Crippen molar-refractivity contribution in [3.63, 3.8) is 0 Å². The molecule has 72 valence electrons. The second kappa shape index (κ2) is 3.07. The van der Waals surface area contributed by atoms with E-state index in [2.05, 4.69) is 46.3 Å². The maximum Gasteiger partial charge on any atom is 0.152 e. The summed E-state index contributed by atoms with van der Waals surface area (Å²) in [5, 5.41) is 5.60. The van der Waals surface area contributed by atoms with E-state index in [4.69, 9.17) is 0 Å². The third kappa shape index (κ3) is 1.29. The smallest absolute Gasteiger partial charge is 0.152 e. The summed E-state index contributed by atoms with van der Waals surface area (Å²) in [7, 11) is 0. The van der Waals surface area contributed by atoms with Gasteiger partial charge in [-0.3, -0.25) is 5.01 Å². The molecule has 0 aliphatic carbocycles. The van der Waals surface area contributed by atoms with Crippen molar-refractivity contribution >= 4 is 34.8 Å². The van der Waals surface area contributed by atoms with Gasteiger partial charge in [0.05, 0.1) is 18.1 Å². The van der Waals surface area contributed by atoms with Gasteiger partial charge in [0, 0.05) is 36.0 Å². The minimum absolute atomic E-state index is 0.973. The normalized spacial score (nSPS) is 27.8. The SMILES string of the molecule is IN1CCN2NN3SCNC3=C2C1. The molecule has 3 heterocycles. The first-order valence-electron chi connectivity index (χ1n) is 4.19. The molecule has 0 amide bonds. The maximum absolute atomic E-state index is 3.37. The van der Waals surface area contributed by atoms with Gasteiger partial charge >= 0.3 is 0 Å². The standard InChI is InChI=1S/C6H10IN5S/c7-10-1-2-11-5(3-10)6-8-4-13-12(6)9-11/h8-9H,1-4H2. The zero-order valence-corrected chi connectivity index (χ0v) is 9.93. The summed E-state index contributed by atoms with van der Waals surface area (Å²) in [6, 6.07) is 0. The fourth-order valence-electron chi connectivity index (χ4n) is 1.69. The van der Waals surface area contributed by atoms with E-state index >= 15 is 0 Å². The summed E-state index contributed by atoms with van der Waals surface area (Å²) in [6.07, 6.45) is 0. The van der Waals surface area contributed by atoms with Crippen molar-refractivity contribution in [1.29, 1.82) is 0 Å². The Hall–Kier alpha value is 0.140. The molecular weight excluding hydrogens is 301 g/mol. The Labute approximate surface area is 95.1 Å². The van der Waals surface area contributed by atoms with Gasteiger partial charge < -0.3 is 5.32 Å². The molecule has 5 nitrogen and oxygen atoms in total. The Balaban J connectivity index is 1.91. The molecule has 2 saturated heterocycles. The molecule has 3 rings (SSSR count). The van der Waals surface area contributed by atoms with Crippen LogP contribution in [-0.2, 0) is 0 Å². The first kappa shape index (κ1) is 8.45. The fourth-order valence-corrected chi connectivity index (χ4v) is 3.02. The fraction of sp³-hybridized carbons (Fsp3) is 0.667. The lowest BCUT2D eigenvalue weighted by Gasteiger charge is -2.30. The Morgan fingerprint density at radius 1 is 1.38 bits per heavy atom. The average molecular weight is 311 g/mol. The van der Waals surface area contributed by atoms with Crippen LogP contribution in [-0.4, -0.2) is 38.0 Å². The molecule has 0 unspecified atom stereocenters. The van der Waals surface area contributed by atoms with Crippen molar-refractivity contribution in [3.8, 4) is 0 Å². The van der Waals surface area contributed by atoms with E-state index in [0.29, 0.717) is 0 Å². The molecule has 0 aromatic rings.